The first-order valence-electron chi connectivity index (χ1n) is 8.44. The van der Waals surface area contributed by atoms with Gasteiger partial charge in [0.25, 0.3) is 0 Å². The molecule has 0 radical (unpaired) electrons. The van der Waals surface area contributed by atoms with E-state index in [4.69, 9.17) is 4.74 Å². The van der Waals surface area contributed by atoms with Crippen molar-refractivity contribution in [2.45, 2.75) is 58.8 Å². The van der Waals surface area contributed by atoms with E-state index in [0.717, 1.165) is 18.4 Å². The molecule has 0 saturated carbocycles. The number of hydrogen-bond acceptors (Lipinski definition) is 4. The van der Waals surface area contributed by atoms with Crippen LogP contribution in [0, 0.1) is 6.92 Å². The number of nitrogens with zero attached hydrogens (tertiary/aromatic N) is 1. The van der Waals surface area contributed by atoms with Crippen molar-refractivity contribution in [1.29, 1.82) is 0 Å². The monoisotopic (exact) mass is 315 g/mol. The van der Waals surface area contributed by atoms with Gasteiger partial charge >= 0.3 is 0 Å². The first-order valence-corrected chi connectivity index (χ1v) is 8.44. The van der Waals surface area contributed by atoms with Crippen molar-refractivity contribution in [3.8, 4) is 0 Å². The standard InChI is InChI=1S/C19H25NO3/c1-4-5-6-7-8-9-10-14-17(21)16-15(13(2)11-12-20-16)18(22)19(14)23-3/h11-12H,4-10H2,1-3H3. The van der Waals surface area contributed by atoms with Crippen LogP contribution in [-0.2, 0) is 4.74 Å². The highest BCUT2D eigenvalue weighted by molar-refractivity contribution is 6.25. The van der Waals surface area contributed by atoms with Gasteiger partial charge in [0.05, 0.1) is 12.7 Å². The molecule has 4 heteroatoms. The third kappa shape index (κ3) is 3.69. The Kier molecular flexibility index (Phi) is 6.08. The lowest BCUT2D eigenvalue weighted by atomic mass is 9.87. The number of fused-ring (bicyclic) bond motifs is 1. The molecule has 1 aromatic heterocycles. The van der Waals surface area contributed by atoms with Crippen LogP contribution in [0.5, 0.6) is 0 Å². The van der Waals surface area contributed by atoms with Gasteiger partial charge in [0.1, 0.15) is 5.69 Å². The molecule has 0 amide bonds. The van der Waals surface area contributed by atoms with Crippen molar-refractivity contribution in [1.82, 2.24) is 4.98 Å². The number of allylic oxidation sites excluding steroid dienone is 2. The molecule has 2 rings (SSSR count). The summed E-state index contributed by atoms with van der Waals surface area (Å²) in [4.78, 5) is 29.5. The molecule has 124 valence electrons. The van der Waals surface area contributed by atoms with Crippen LogP contribution < -0.4 is 0 Å². The van der Waals surface area contributed by atoms with Crippen LogP contribution in [0.2, 0.25) is 0 Å². The minimum atomic E-state index is -0.214. The summed E-state index contributed by atoms with van der Waals surface area (Å²) >= 11 is 0. The molecule has 1 aromatic rings. The highest BCUT2D eigenvalue weighted by Crippen LogP contribution is 2.30. The number of ketones is 2. The Morgan fingerprint density at radius 2 is 1.74 bits per heavy atom. The number of hydrogen-bond donors (Lipinski definition) is 0. The number of carbonyl (C=O) groups is 2. The molecular weight excluding hydrogens is 290 g/mol. The quantitative estimate of drug-likeness (QED) is 0.666. The fraction of sp³-hybridized carbons (Fsp3) is 0.526. The molecule has 0 aliphatic heterocycles. The van der Waals surface area contributed by atoms with Crippen molar-refractivity contribution in [2.75, 3.05) is 7.11 Å². The van der Waals surface area contributed by atoms with E-state index in [-0.39, 0.29) is 23.0 Å². The van der Waals surface area contributed by atoms with Crippen molar-refractivity contribution < 1.29 is 14.3 Å². The van der Waals surface area contributed by atoms with Gasteiger partial charge in [0, 0.05) is 11.8 Å². The minimum absolute atomic E-state index is 0.159. The molecule has 4 nitrogen and oxygen atoms in total. The maximum absolute atomic E-state index is 12.7. The normalized spacial score (nSPS) is 14.2. The summed E-state index contributed by atoms with van der Waals surface area (Å²) in [7, 11) is 1.46. The zero-order chi connectivity index (χ0) is 16.8. The van der Waals surface area contributed by atoms with E-state index in [1.165, 1.54) is 32.8 Å². The smallest absolute Gasteiger partial charge is 0.230 e. The number of ether oxygens (including phenoxy) is 1. The van der Waals surface area contributed by atoms with Gasteiger partial charge in [-0.3, -0.25) is 14.6 Å². The Morgan fingerprint density at radius 1 is 1.04 bits per heavy atom. The maximum atomic E-state index is 12.7. The Labute approximate surface area is 138 Å². The largest absolute Gasteiger partial charge is 0.492 e. The second kappa shape index (κ2) is 8.04. The first kappa shape index (κ1) is 17.4. The summed E-state index contributed by atoms with van der Waals surface area (Å²) in [6, 6.07) is 1.75. The van der Waals surface area contributed by atoms with Crippen LogP contribution in [-0.4, -0.2) is 23.7 Å². The average molecular weight is 315 g/mol. The van der Waals surface area contributed by atoms with E-state index in [2.05, 4.69) is 11.9 Å². The molecule has 0 spiro atoms. The summed E-state index contributed by atoms with van der Waals surface area (Å²) in [5.74, 6) is -0.172. The SMILES string of the molecule is CCCCCCCCC1=C(OC)C(=O)c2c(C)ccnc2C1=O. The van der Waals surface area contributed by atoms with E-state index in [1.807, 2.05) is 6.92 Å². The number of pyridine rings is 1. The lowest BCUT2D eigenvalue weighted by Gasteiger charge is -2.20. The lowest BCUT2D eigenvalue weighted by Crippen LogP contribution is -2.25. The molecule has 0 N–H and O–H groups in total. The van der Waals surface area contributed by atoms with Crippen molar-refractivity contribution in [3.63, 3.8) is 0 Å². The molecule has 0 fully saturated rings. The Hall–Kier alpha value is -1.97. The number of carbonyl (C=O) groups excluding carboxylic acids is 2. The fourth-order valence-electron chi connectivity index (χ4n) is 3.04. The number of rotatable bonds is 8. The highest BCUT2D eigenvalue weighted by atomic mass is 16.5. The van der Waals surface area contributed by atoms with Gasteiger partial charge in [-0.05, 0) is 31.4 Å². The molecule has 0 aromatic carbocycles. The van der Waals surface area contributed by atoms with Crippen LogP contribution >= 0.6 is 0 Å². The molecule has 23 heavy (non-hydrogen) atoms. The van der Waals surface area contributed by atoms with Gasteiger partial charge in [0.15, 0.2) is 5.76 Å². The number of Topliss-reactive ketones (excluding diaryl/α,β-unsaturated/α-hetero) is 2. The van der Waals surface area contributed by atoms with Crippen LogP contribution in [0.15, 0.2) is 23.6 Å². The van der Waals surface area contributed by atoms with Crippen molar-refractivity contribution >= 4 is 11.6 Å². The zero-order valence-electron chi connectivity index (χ0n) is 14.3. The number of unbranched alkanes of at least 4 members (excludes halogenated alkanes) is 5. The second-order valence-electron chi connectivity index (χ2n) is 6.04. The number of aryl methyl sites for hydroxylation is 1. The predicted octanol–water partition coefficient (Wildman–Crippen LogP) is 4.42. The van der Waals surface area contributed by atoms with Gasteiger partial charge in [-0.2, -0.15) is 0 Å². The first-order chi connectivity index (χ1) is 11.1. The molecule has 1 aliphatic carbocycles. The second-order valence-corrected chi connectivity index (χ2v) is 6.04. The van der Waals surface area contributed by atoms with E-state index < -0.39 is 0 Å². The molecule has 1 heterocycles. The minimum Gasteiger partial charge on any atom is -0.492 e. The van der Waals surface area contributed by atoms with Gasteiger partial charge in [-0.1, -0.05) is 39.0 Å². The van der Waals surface area contributed by atoms with E-state index in [1.54, 1.807) is 12.3 Å². The number of aromatic nitrogens is 1. The lowest BCUT2D eigenvalue weighted by molar-refractivity contribution is 0.0899. The van der Waals surface area contributed by atoms with Gasteiger partial charge in [-0.25, -0.2) is 0 Å². The molecule has 1 aliphatic rings. The Bertz CT molecular complexity index is 632. The van der Waals surface area contributed by atoms with Gasteiger partial charge in [-0.15, -0.1) is 0 Å². The van der Waals surface area contributed by atoms with Crippen molar-refractivity contribution in [3.05, 3.63) is 40.4 Å². The summed E-state index contributed by atoms with van der Waals surface area (Å²) in [5.41, 5.74) is 1.91. The summed E-state index contributed by atoms with van der Waals surface area (Å²) in [6.45, 7) is 4.01. The average Bonchev–Trinajstić information content (AvgIpc) is 2.55. The molecular formula is C19H25NO3. The van der Waals surface area contributed by atoms with E-state index >= 15 is 0 Å². The van der Waals surface area contributed by atoms with Crippen LogP contribution in [0.4, 0.5) is 0 Å². The van der Waals surface area contributed by atoms with Gasteiger partial charge in [0.2, 0.25) is 11.6 Å². The third-order valence-electron chi connectivity index (χ3n) is 4.34. The Morgan fingerprint density at radius 3 is 2.43 bits per heavy atom. The zero-order valence-corrected chi connectivity index (χ0v) is 14.3. The van der Waals surface area contributed by atoms with Crippen molar-refractivity contribution in [2.24, 2.45) is 0 Å². The van der Waals surface area contributed by atoms with Gasteiger partial charge < -0.3 is 4.74 Å². The van der Waals surface area contributed by atoms with E-state index in [9.17, 15) is 9.59 Å². The Balaban J connectivity index is 2.15. The summed E-state index contributed by atoms with van der Waals surface area (Å²) in [5, 5.41) is 0. The topological polar surface area (TPSA) is 56.3 Å². The van der Waals surface area contributed by atoms with Crippen LogP contribution in [0.25, 0.3) is 0 Å². The summed E-state index contributed by atoms with van der Waals surface area (Å²) < 4.78 is 5.28. The maximum Gasteiger partial charge on any atom is 0.230 e. The third-order valence-corrected chi connectivity index (χ3v) is 4.34. The summed E-state index contributed by atoms with van der Waals surface area (Å²) in [6.07, 6.45) is 8.98. The molecule has 0 bridgehead atoms. The van der Waals surface area contributed by atoms with E-state index in [0.29, 0.717) is 17.6 Å². The number of methoxy groups -OCH3 is 1. The molecule has 0 atom stereocenters. The van der Waals surface area contributed by atoms with Crippen LogP contribution in [0.1, 0.15) is 78.3 Å². The molecule has 0 saturated heterocycles. The fourth-order valence-corrected chi connectivity index (χ4v) is 3.04. The van der Waals surface area contributed by atoms with Crippen LogP contribution in [0.3, 0.4) is 0 Å². The predicted molar refractivity (Wildman–Crippen MR) is 89.7 cm³/mol. The molecule has 0 unspecified atom stereocenters. The highest BCUT2D eigenvalue weighted by Gasteiger charge is 2.34.